The summed E-state index contributed by atoms with van der Waals surface area (Å²) < 4.78 is 11.6. The first-order valence-electron chi connectivity index (χ1n) is 11.4. The molecule has 2 aliphatic rings. The molecule has 0 aliphatic carbocycles. The summed E-state index contributed by atoms with van der Waals surface area (Å²) in [5.41, 5.74) is 8.06. The van der Waals surface area contributed by atoms with Gasteiger partial charge in [-0.3, -0.25) is 15.2 Å². The van der Waals surface area contributed by atoms with Gasteiger partial charge in [0.2, 0.25) is 0 Å². The number of hydrazine groups is 1. The van der Waals surface area contributed by atoms with Crippen LogP contribution in [0.5, 0.6) is 11.5 Å². The van der Waals surface area contributed by atoms with Crippen LogP contribution >= 0.6 is 0 Å². The Bertz CT molecular complexity index is 1210. The molecule has 1 N–H and O–H groups in total. The van der Waals surface area contributed by atoms with E-state index in [-0.39, 0.29) is 5.91 Å². The second kappa shape index (κ2) is 9.85. The molecule has 0 saturated carbocycles. The van der Waals surface area contributed by atoms with Gasteiger partial charge in [-0.2, -0.15) is 0 Å². The molecular weight excluding hydrogens is 426 g/mol. The lowest BCUT2D eigenvalue weighted by Crippen LogP contribution is -2.40. The van der Waals surface area contributed by atoms with E-state index in [1.165, 1.54) is 0 Å². The number of hydrogen-bond donors (Lipinski definition) is 1. The molecule has 2 aliphatic heterocycles. The summed E-state index contributed by atoms with van der Waals surface area (Å²) in [6.45, 7) is 2.45. The average molecular weight is 454 g/mol. The molecule has 34 heavy (non-hydrogen) atoms. The second-order valence-electron chi connectivity index (χ2n) is 8.22. The summed E-state index contributed by atoms with van der Waals surface area (Å²) in [5, 5.41) is 1.91. The number of carbonyl (C=O) groups excluding carboxylic acids is 1. The Kier molecular flexibility index (Phi) is 6.31. The fourth-order valence-corrected chi connectivity index (χ4v) is 4.11. The predicted octanol–water partition coefficient (Wildman–Crippen LogP) is 4.78. The van der Waals surface area contributed by atoms with Crippen molar-refractivity contribution in [2.75, 3.05) is 33.4 Å². The summed E-state index contributed by atoms with van der Waals surface area (Å²) in [6.07, 6.45) is 4.05. The van der Waals surface area contributed by atoms with Crippen molar-refractivity contribution in [3.05, 3.63) is 108 Å². The van der Waals surface area contributed by atoms with E-state index in [1.54, 1.807) is 0 Å². The zero-order chi connectivity index (χ0) is 23.3. The molecule has 0 aromatic heterocycles. The molecule has 0 spiro atoms. The van der Waals surface area contributed by atoms with Crippen LogP contribution in [-0.2, 0) is 4.74 Å². The van der Waals surface area contributed by atoms with Crippen molar-refractivity contribution in [3.63, 3.8) is 0 Å². The van der Waals surface area contributed by atoms with Crippen LogP contribution < -0.4 is 10.2 Å². The fourth-order valence-electron chi connectivity index (χ4n) is 4.11. The second-order valence-corrected chi connectivity index (χ2v) is 8.22. The van der Waals surface area contributed by atoms with Crippen molar-refractivity contribution >= 4 is 17.2 Å². The molecule has 172 valence electrons. The van der Waals surface area contributed by atoms with Crippen molar-refractivity contribution in [3.8, 4) is 11.5 Å². The highest BCUT2D eigenvalue weighted by Gasteiger charge is 2.21. The standard InChI is InChI=1S/C28H27N3O3/c1-30-16-15-24(21-11-13-22(14-12-21)28(32)31-17-19-33-20-18-31)27(29-30)25-9-5-6-10-26(25)34-23-7-3-2-4-8-23/h2-16,29H,17-20H2,1H3. The smallest absolute Gasteiger partial charge is 0.254 e. The number of allylic oxidation sites excluding steroid dienone is 2. The van der Waals surface area contributed by atoms with Crippen LogP contribution in [0.2, 0.25) is 0 Å². The third-order valence-corrected chi connectivity index (χ3v) is 5.89. The molecule has 0 radical (unpaired) electrons. The van der Waals surface area contributed by atoms with Gasteiger partial charge in [-0.05, 0) is 48.0 Å². The Morgan fingerprint density at radius 2 is 1.62 bits per heavy atom. The Balaban J connectivity index is 1.48. The van der Waals surface area contributed by atoms with E-state index in [0.29, 0.717) is 31.9 Å². The van der Waals surface area contributed by atoms with Crippen molar-refractivity contribution in [2.45, 2.75) is 0 Å². The van der Waals surface area contributed by atoms with Gasteiger partial charge in [0.05, 0.1) is 18.9 Å². The Morgan fingerprint density at radius 3 is 2.38 bits per heavy atom. The molecule has 1 fully saturated rings. The molecule has 0 atom stereocenters. The van der Waals surface area contributed by atoms with Crippen molar-refractivity contribution in [1.82, 2.24) is 15.3 Å². The normalized spacial score (nSPS) is 15.8. The Hall–Kier alpha value is -4.03. The van der Waals surface area contributed by atoms with E-state index in [9.17, 15) is 4.79 Å². The van der Waals surface area contributed by atoms with Crippen LogP contribution in [0.4, 0.5) is 0 Å². The van der Waals surface area contributed by atoms with Gasteiger partial charge in [0.1, 0.15) is 11.5 Å². The number of amides is 1. The Labute approximate surface area is 199 Å². The first kappa shape index (κ1) is 21.8. The zero-order valence-electron chi connectivity index (χ0n) is 19.1. The number of rotatable bonds is 5. The van der Waals surface area contributed by atoms with Crippen LogP contribution in [0.3, 0.4) is 0 Å². The fraction of sp³-hybridized carbons (Fsp3) is 0.179. The maximum absolute atomic E-state index is 12.8. The van der Waals surface area contributed by atoms with E-state index in [4.69, 9.17) is 9.47 Å². The highest BCUT2D eigenvalue weighted by atomic mass is 16.5. The molecule has 5 rings (SSSR count). The van der Waals surface area contributed by atoms with Gasteiger partial charge < -0.3 is 14.4 Å². The van der Waals surface area contributed by atoms with E-state index >= 15 is 0 Å². The molecule has 0 bridgehead atoms. The lowest BCUT2D eigenvalue weighted by atomic mass is 9.97. The van der Waals surface area contributed by atoms with Crippen LogP contribution in [0.25, 0.3) is 11.3 Å². The van der Waals surface area contributed by atoms with Crippen LogP contribution in [0.15, 0.2) is 91.1 Å². The number of nitrogens with zero attached hydrogens (tertiary/aromatic N) is 2. The highest BCUT2D eigenvalue weighted by Crippen LogP contribution is 2.35. The van der Waals surface area contributed by atoms with Crippen LogP contribution in [0, 0.1) is 0 Å². The van der Waals surface area contributed by atoms with Gasteiger partial charge >= 0.3 is 0 Å². The van der Waals surface area contributed by atoms with Gasteiger partial charge in [0.25, 0.3) is 5.91 Å². The quantitative estimate of drug-likeness (QED) is 0.602. The van der Waals surface area contributed by atoms with E-state index in [2.05, 4.69) is 11.5 Å². The topological polar surface area (TPSA) is 54.0 Å². The minimum absolute atomic E-state index is 0.0442. The number of para-hydroxylation sites is 2. The van der Waals surface area contributed by atoms with Crippen molar-refractivity contribution in [1.29, 1.82) is 0 Å². The largest absolute Gasteiger partial charge is 0.457 e. The minimum Gasteiger partial charge on any atom is -0.457 e. The van der Waals surface area contributed by atoms with E-state index < -0.39 is 0 Å². The van der Waals surface area contributed by atoms with E-state index in [0.717, 1.165) is 33.9 Å². The summed E-state index contributed by atoms with van der Waals surface area (Å²) in [5.74, 6) is 1.59. The molecule has 0 unspecified atom stereocenters. The van der Waals surface area contributed by atoms with Gasteiger partial charge in [0, 0.05) is 43.0 Å². The van der Waals surface area contributed by atoms with Gasteiger partial charge in [-0.1, -0.05) is 42.5 Å². The number of nitrogens with one attached hydrogen (secondary N) is 1. The number of hydrogen-bond acceptors (Lipinski definition) is 5. The third kappa shape index (κ3) is 4.67. The first-order valence-corrected chi connectivity index (χ1v) is 11.4. The lowest BCUT2D eigenvalue weighted by Gasteiger charge is -2.28. The molecule has 6 nitrogen and oxygen atoms in total. The Morgan fingerprint density at radius 1 is 0.912 bits per heavy atom. The average Bonchev–Trinajstić information content (AvgIpc) is 2.90. The van der Waals surface area contributed by atoms with E-state index in [1.807, 2.05) is 102 Å². The lowest BCUT2D eigenvalue weighted by molar-refractivity contribution is 0.0303. The molecule has 1 amide bonds. The summed E-state index contributed by atoms with van der Waals surface area (Å²) >= 11 is 0. The molecule has 3 aromatic carbocycles. The van der Waals surface area contributed by atoms with Gasteiger partial charge in [0.15, 0.2) is 0 Å². The maximum atomic E-state index is 12.8. The number of benzene rings is 3. The maximum Gasteiger partial charge on any atom is 0.254 e. The summed E-state index contributed by atoms with van der Waals surface area (Å²) in [6, 6.07) is 25.5. The number of carbonyl (C=O) groups is 1. The van der Waals surface area contributed by atoms with Gasteiger partial charge in [-0.15, -0.1) is 0 Å². The molecule has 6 heteroatoms. The molecular formula is C28H27N3O3. The zero-order valence-corrected chi connectivity index (χ0v) is 19.1. The summed E-state index contributed by atoms with van der Waals surface area (Å²) in [4.78, 5) is 14.7. The number of morpholine rings is 1. The minimum atomic E-state index is 0.0442. The monoisotopic (exact) mass is 453 g/mol. The predicted molar refractivity (Wildman–Crippen MR) is 133 cm³/mol. The third-order valence-electron chi connectivity index (χ3n) is 5.89. The van der Waals surface area contributed by atoms with Crippen molar-refractivity contribution < 1.29 is 14.3 Å². The van der Waals surface area contributed by atoms with Gasteiger partial charge in [-0.25, -0.2) is 0 Å². The SMILES string of the molecule is CN1C=CC(c2ccc(C(=O)N3CCOCC3)cc2)=C(c2ccccc2Oc2ccccc2)N1. The van der Waals surface area contributed by atoms with Crippen molar-refractivity contribution in [2.24, 2.45) is 0 Å². The summed E-state index contributed by atoms with van der Waals surface area (Å²) in [7, 11) is 1.96. The van der Waals surface area contributed by atoms with Crippen LogP contribution in [-0.4, -0.2) is 49.2 Å². The first-order chi connectivity index (χ1) is 16.7. The van der Waals surface area contributed by atoms with Crippen LogP contribution in [0.1, 0.15) is 21.5 Å². The number of ether oxygens (including phenoxy) is 2. The molecule has 3 aromatic rings. The highest BCUT2D eigenvalue weighted by molar-refractivity contribution is 5.98. The molecule has 2 heterocycles. The molecule has 1 saturated heterocycles.